The van der Waals surface area contributed by atoms with Crippen LogP contribution in [0, 0.1) is 5.92 Å². The fourth-order valence-corrected chi connectivity index (χ4v) is 2.94. The predicted molar refractivity (Wildman–Crippen MR) is 76.5 cm³/mol. The average Bonchev–Trinajstić information content (AvgIpc) is 3.18. The molecule has 2 saturated carbocycles. The van der Waals surface area contributed by atoms with Crippen LogP contribution >= 0.6 is 0 Å². The minimum atomic E-state index is -0.0265. The number of rotatable bonds is 3. The third kappa shape index (κ3) is 3.37. The number of hydrogen-bond donors (Lipinski definition) is 2. The van der Waals surface area contributed by atoms with Crippen LogP contribution < -0.4 is 10.9 Å². The first-order chi connectivity index (χ1) is 9.20. The molecule has 1 aromatic heterocycles. The second-order valence-electron chi connectivity index (χ2n) is 6.24. The molecule has 4 nitrogen and oxygen atoms in total. The lowest BCUT2D eigenvalue weighted by Gasteiger charge is -2.17. The molecule has 0 aliphatic heterocycles. The first-order valence-electron chi connectivity index (χ1n) is 7.58. The quantitative estimate of drug-likeness (QED) is 0.822. The van der Waals surface area contributed by atoms with Gasteiger partial charge in [-0.05, 0) is 38.0 Å². The summed E-state index contributed by atoms with van der Waals surface area (Å²) in [5, 5.41) is 3.47. The largest absolute Gasteiger partial charge is 0.367 e. The van der Waals surface area contributed by atoms with Crippen molar-refractivity contribution in [1.82, 2.24) is 9.97 Å². The number of nitrogens with zero attached hydrogens (tertiary/aromatic N) is 1. The highest BCUT2D eigenvalue weighted by Gasteiger charge is 2.26. The van der Waals surface area contributed by atoms with Crippen LogP contribution in [-0.2, 0) is 0 Å². The number of nitrogens with one attached hydrogen (secondary N) is 2. The summed E-state index contributed by atoms with van der Waals surface area (Å²) in [6.45, 7) is 2.33. The van der Waals surface area contributed by atoms with E-state index in [0.717, 1.165) is 30.4 Å². The smallest absolute Gasteiger partial charge is 0.252 e. The van der Waals surface area contributed by atoms with E-state index in [2.05, 4.69) is 22.2 Å². The molecule has 0 bridgehead atoms. The normalized spacial score (nSPS) is 27.8. The number of H-pyrrole nitrogens is 1. The Kier molecular flexibility index (Phi) is 3.58. The number of hydrogen-bond acceptors (Lipinski definition) is 3. The Morgan fingerprint density at radius 2 is 2.05 bits per heavy atom. The van der Waals surface area contributed by atoms with Gasteiger partial charge >= 0.3 is 0 Å². The van der Waals surface area contributed by atoms with Crippen LogP contribution in [0.5, 0.6) is 0 Å². The molecule has 2 aliphatic carbocycles. The maximum Gasteiger partial charge on any atom is 0.252 e. The number of aromatic nitrogens is 2. The summed E-state index contributed by atoms with van der Waals surface area (Å²) in [6, 6.07) is 2.08. The summed E-state index contributed by atoms with van der Waals surface area (Å²) in [5.41, 5.74) is -0.0265. The molecule has 2 aliphatic rings. The second kappa shape index (κ2) is 5.35. The zero-order valence-corrected chi connectivity index (χ0v) is 11.6. The average molecular weight is 261 g/mol. The van der Waals surface area contributed by atoms with E-state index in [9.17, 15) is 4.79 Å². The highest BCUT2D eigenvalue weighted by molar-refractivity contribution is 5.35. The van der Waals surface area contributed by atoms with Crippen molar-refractivity contribution in [2.75, 3.05) is 5.32 Å². The van der Waals surface area contributed by atoms with Gasteiger partial charge < -0.3 is 10.3 Å². The molecular formula is C15H23N3O. The summed E-state index contributed by atoms with van der Waals surface area (Å²) in [4.78, 5) is 19.1. The van der Waals surface area contributed by atoms with E-state index in [0.29, 0.717) is 12.0 Å². The van der Waals surface area contributed by atoms with E-state index in [1.807, 2.05) is 0 Å². The van der Waals surface area contributed by atoms with E-state index in [1.54, 1.807) is 6.07 Å². The molecule has 4 heteroatoms. The van der Waals surface area contributed by atoms with E-state index in [-0.39, 0.29) is 5.56 Å². The standard InChI is InChI=1S/C15H23N3O/c1-10-3-2-4-12(8-5-10)16-13-9-14(19)18-15(17-13)11-6-7-11/h9-12H,2-8H2,1H3,(H2,16,17,18,19). The minimum absolute atomic E-state index is 0.0265. The van der Waals surface area contributed by atoms with Gasteiger partial charge in [-0.15, -0.1) is 0 Å². The van der Waals surface area contributed by atoms with Gasteiger partial charge in [0.05, 0.1) is 0 Å². The Hall–Kier alpha value is -1.32. The van der Waals surface area contributed by atoms with Crippen LogP contribution in [0.3, 0.4) is 0 Å². The van der Waals surface area contributed by atoms with Crippen LogP contribution in [0.2, 0.25) is 0 Å². The summed E-state index contributed by atoms with van der Waals surface area (Å²) in [7, 11) is 0. The van der Waals surface area contributed by atoms with Crippen LogP contribution in [0.25, 0.3) is 0 Å². The van der Waals surface area contributed by atoms with Crippen molar-refractivity contribution < 1.29 is 0 Å². The molecule has 1 heterocycles. The third-order valence-electron chi connectivity index (χ3n) is 4.33. The Balaban J connectivity index is 1.70. The van der Waals surface area contributed by atoms with Crippen molar-refractivity contribution in [2.24, 2.45) is 5.92 Å². The monoisotopic (exact) mass is 261 g/mol. The van der Waals surface area contributed by atoms with Gasteiger partial charge in [0.25, 0.3) is 5.56 Å². The van der Waals surface area contributed by atoms with E-state index < -0.39 is 0 Å². The molecule has 2 N–H and O–H groups in total. The van der Waals surface area contributed by atoms with Crippen LogP contribution in [0.1, 0.15) is 63.6 Å². The maximum atomic E-state index is 11.7. The third-order valence-corrected chi connectivity index (χ3v) is 4.33. The Bertz CT molecular complexity index is 492. The van der Waals surface area contributed by atoms with Crippen LogP contribution in [0.4, 0.5) is 5.82 Å². The molecule has 0 amide bonds. The molecule has 2 atom stereocenters. The van der Waals surface area contributed by atoms with Gasteiger partial charge in [0.2, 0.25) is 0 Å². The second-order valence-corrected chi connectivity index (χ2v) is 6.24. The summed E-state index contributed by atoms with van der Waals surface area (Å²) in [5.74, 6) is 2.96. The van der Waals surface area contributed by atoms with Crippen molar-refractivity contribution >= 4 is 5.82 Å². The minimum Gasteiger partial charge on any atom is -0.367 e. The molecule has 19 heavy (non-hydrogen) atoms. The fourth-order valence-electron chi connectivity index (χ4n) is 2.94. The summed E-state index contributed by atoms with van der Waals surface area (Å²) in [6.07, 6.45) is 8.58. The number of anilines is 1. The molecule has 2 unspecified atom stereocenters. The van der Waals surface area contributed by atoms with Crippen LogP contribution in [0.15, 0.2) is 10.9 Å². The van der Waals surface area contributed by atoms with Crippen molar-refractivity contribution in [3.8, 4) is 0 Å². The zero-order chi connectivity index (χ0) is 13.2. The number of aromatic amines is 1. The molecule has 0 aromatic carbocycles. The highest BCUT2D eigenvalue weighted by atomic mass is 16.1. The summed E-state index contributed by atoms with van der Waals surface area (Å²) < 4.78 is 0. The molecule has 2 fully saturated rings. The lowest BCUT2D eigenvalue weighted by atomic mass is 10.0. The van der Waals surface area contributed by atoms with Crippen molar-refractivity contribution in [1.29, 1.82) is 0 Å². The van der Waals surface area contributed by atoms with Crippen molar-refractivity contribution in [3.05, 3.63) is 22.2 Å². The SMILES string of the molecule is CC1CCCC(Nc2cc(=O)[nH]c(C3CC3)n2)CC1. The van der Waals surface area contributed by atoms with Crippen LogP contribution in [-0.4, -0.2) is 16.0 Å². The molecule has 0 saturated heterocycles. The van der Waals surface area contributed by atoms with Gasteiger partial charge in [-0.2, -0.15) is 0 Å². The lowest BCUT2D eigenvalue weighted by molar-refractivity contribution is 0.501. The Labute approximate surface area is 114 Å². The van der Waals surface area contributed by atoms with E-state index >= 15 is 0 Å². The fraction of sp³-hybridized carbons (Fsp3) is 0.733. The highest BCUT2D eigenvalue weighted by Crippen LogP contribution is 2.37. The zero-order valence-electron chi connectivity index (χ0n) is 11.6. The van der Waals surface area contributed by atoms with E-state index in [1.165, 1.54) is 32.1 Å². The van der Waals surface area contributed by atoms with Gasteiger partial charge in [-0.3, -0.25) is 4.79 Å². The van der Waals surface area contributed by atoms with Gasteiger partial charge in [-0.25, -0.2) is 4.98 Å². The maximum absolute atomic E-state index is 11.7. The molecular weight excluding hydrogens is 238 g/mol. The molecule has 0 spiro atoms. The first-order valence-corrected chi connectivity index (χ1v) is 7.58. The van der Waals surface area contributed by atoms with Crippen molar-refractivity contribution in [2.45, 2.75) is 63.8 Å². The van der Waals surface area contributed by atoms with E-state index in [4.69, 9.17) is 0 Å². The topological polar surface area (TPSA) is 57.8 Å². The van der Waals surface area contributed by atoms with Gasteiger partial charge in [-0.1, -0.05) is 19.8 Å². The predicted octanol–water partition coefficient (Wildman–Crippen LogP) is 3.03. The Morgan fingerprint density at radius 1 is 1.21 bits per heavy atom. The lowest BCUT2D eigenvalue weighted by Crippen LogP contribution is -2.22. The van der Waals surface area contributed by atoms with Crippen molar-refractivity contribution in [3.63, 3.8) is 0 Å². The Morgan fingerprint density at radius 3 is 2.84 bits per heavy atom. The summed E-state index contributed by atoms with van der Waals surface area (Å²) >= 11 is 0. The molecule has 3 rings (SSSR count). The van der Waals surface area contributed by atoms with Gasteiger partial charge in [0, 0.05) is 18.0 Å². The molecule has 1 aromatic rings. The first kappa shape index (κ1) is 12.7. The molecule has 0 radical (unpaired) electrons. The van der Waals surface area contributed by atoms with Gasteiger partial charge in [0.1, 0.15) is 11.6 Å². The molecule has 104 valence electrons. The van der Waals surface area contributed by atoms with Gasteiger partial charge in [0.15, 0.2) is 0 Å².